The molecule has 8 rings (SSSR count). The summed E-state index contributed by atoms with van der Waals surface area (Å²) in [6.07, 6.45) is 1.77. The molecule has 42 heavy (non-hydrogen) atoms. The van der Waals surface area contributed by atoms with Crippen molar-refractivity contribution in [3.63, 3.8) is 0 Å². The summed E-state index contributed by atoms with van der Waals surface area (Å²) < 4.78 is 2.42. The third-order valence-electron chi connectivity index (χ3n) is 8.87. The summed E-state index contributed by atoms with van der Waals surface area (Å²) in [5.74, 6) is 0. The molecular formula is C39H27N3. The van der Waals surface area contributed by atoms with Crippen LogP contribution in [0.4, 0.5) is 0 Å². The van der Waals surface area contributed by atoms with Crippen molar-refractivity contribution in [2.24, 2.45) is 0 Å². The summed E-state index contributed by atoms with van der Waals surface area (Å²) in [7, 11) is 0. The number of rotatable bonds is 3. The second kappa shape index (κ2) is 9.03. The van der Waals surface area contributed by atoms with E-state index in [9.17, 15) is 0 Å². The van der Waals surface area contributed by atoms with Crippen molar-refractivity contribution in [3.8, 4) is 45.1 Å². The predicted octanol–water partition coefficient (Wildman–Crippen LogP) is 9.69. The molecule has 0 fully saturated rings. The van der Waals surface area contributed by atoms with Crippen LogP contribution in [0.2, 0.25) is 0 Å². The Morgan fingerprint density at radius 1 is 0.643 bits per heavy atom. The Morgan fingerprint density at radius 3 is 2.19 bits per heavy atom. The Bertz CT molecular complexity index is 2230. The number of hydrogen-bond acceptors (Lipinski definition) is 2. The first-order chi connectivity index (χ1) is 20.5. The van der Waals surface area contributed by atoms with Crippen molar-refractivity contribution in [2.75, 3.05) is 0 Å². The predicted molar refractivity (Wildman–Crippen MR) is 172 cm³/mol. The molecule has 198 valence electrons. The van der Waals surface area contributed by atoms with Gasteiger partial charge in [-0.1, -0.05) is 92.7 Å². The zero-order valence-corrected chi connectivity index (χ0v) is 23.5. The maximum atomic E-state index is 9.13. The van der Waals surface area contributed by atoms with Crippen LogP contribution in [0, 0.1) is 11.3 Å². The summed E-state index contributed by atoms with van der Waals surface area (Å²) in [6, 6.07) is 45.4. The van der Waals surface area contributed by atoms with Gasteiger partial charge in [0.05, 0.1) is 11.0 Å². The second-order valence-electron chi connectivity index (χ2n) is 11.6. The van der Waals surface area contributed by atoms with Crippen molar-refractivity contribution in [2.45, 2.75) is 19.3 Å². The zero-order chi connectivity index (χ0) is 28.4. The van der Waals surface area contributed by atoms with Crippen molar-refractivity contribution in [1.82, 2.24) is 9.55 Å². The lowest BCUT2D eigenvalue weighted by Crippen LogP contribution is -2.15. The first kappa shape index (κ1) is 24.3. The molecule has 0 saturated heterocycles. The van der Waals surface area contributed by atoms with Crippen molar-refractivity contribution in [1.29, 1.82) is 5.26 Å². The van der Waals surface area contributed by atoms with Gasteiger partial charge in [0.2, 0.25) is 0 Å². The molecular weight excluding hydrogens is 510 g/mol. The third kappa shape index (κ3) is 3.49. The normalized spacial score (nSPS) is 13.2. The SMILES string of the molecule is CC1(C)c2ccccc2-c2ccc3c(c21)c1ccccc1n3-c1cccc(-c2cccc(-c3ccc(C#N)nc3)c2)c1. The van der Waals surface area contributed by atoms with Gasteiger partial charge in [-0.15, -0.1) is 0 Å². The zero-order valence-electron chi connectivity index (χ0n) is 23.5. The fraction of sp³-hybridized carbons (Fsp3) is 0.0769. The van der Waals surface area contributed by atoms with E-state index in [-0.39, 0.29) is 5.41 Å². The van der Waals surface area contributed by atoms with Crippen LogP contribution in [0.25, 0.3) is 60.9 Å². The minimum atomic E-state index is -0.0943. The van der Waals surface area contributed by atoms with Crippen molar-refractivity contribution < 1.29 is 0 Å². The van der Waals surface area contributed by atoms with Crippen LogP contribution in [-0.2, 0) is 5.41 Å². The highest BCUT2D eigenvalue weighted by Crippen LogP contribution is 2.53. The Labute approximate surface area is 245 Å². The fourth-order valence-corrected chi connectivity index (χ4v) is 6.94. The van der Waals surface area contributed by atoms with Gasteiger partial charge in [0.15, 0.2) is 0 Å². The lowest BCUT2D eigenvalue weighted by Gasteiger charge is -2.22. The number of pyridine rings is 1. The summed E-state index contributed by atoms with van der Waals surface area (Å²) >= 11 is 0. The molecule has 0 unspecified atom stereocenters. The molecule has 3 heteroatoms. The van der Waals surface area contributed by atoms with E-state index < -0.39 is 0 Å². The Morgan fingerprint density at radius 2 is 1.38 bits per heavy atom. The van der Waals surface area contributed by atoms with Gasteiger partial charge in [0.1, 0.15) is 11.8 Å². The van der Waals surface area contributed by atoms with Crippen LogP contribution in [0.1, 0.15) is 30.7 Å². The number of hydrogen-bond donors (Lipinski definition) is 0. The molecule has 0 bridgehead atoms. The topological polar surface area (TPSA) is 41.6 Å². The third-order valence-corrected chi connectivity index (χ3v) is 8.87. The van der Waals surface area contributed by atoms with Gasteiger partial charge in [-0.25, -0.2) is 4.98 Å². The van der Waals surface area contributed by atoms with E-state index in [2.05, 4.69) is 139 Å². The summed E-state index contributed by atoms with van der Waals surface area (Å²) in [5, 5.41) is 11.7. The number of fused-ring (bicyclic) bond motifs is 7. The Hall–Kier alpha value is -5.46. The van der Waals surface area contributed by atoms with Gasteiger partial charge in [0, 0.05) is 33.6 Å². The quantitative estimate of drug-likeness (QED) is 0.225. The maximum absolute atomic E-state index is 9.13. The molecule has 1 aliphatic carbocycles. The van der Waals surface area contributed by atoms with Crippen LogP contribution in [0.3, 0.4) is 0 Å². The highest BCUT2D eigenvalue weighted by atomic mass is 15.0. The minimum Gasteiger partial charge on any atom is -0.309 e. The van der Waals surface area contributed by atoms with Crippen LogP contribution >= 0.6 is 0 Å². The van der Waals surface area contributed by atoms with E-state index in [0.717, 1.165) is 27.9 Å². The highest BCUT2D eigenvalue weighted by Gasteiger charge is 2.37. The molecule has 0 spiro atoms. The molecule has 2 heterocycles. The molecule has 0 N–H and O–H groups in total. The molecule has 5 aromatic carbocycles. The lowest BCUT2D eigenvalue weighted by molar-refractivity contribution is 0.666. The molecule has 3 nitrogen and oxygen atoms in total. The molecule has 0 saturated carbocycles. The second-order valence-corrected chi connectivity index (χ2v) is 11.6. The molecule has 0 radical (unpaired) electrons. The van der Waals surface area contributed by atoms with Gasteiger partial charge >= 0.3 is 0 Å². The van der Waals surface area contributed by atoms with E-state index in [4.69, 9.17) is 5.26 Å². The van der Waals surface area contributed by atoms with Gasteiger partial charge < -0.3 is 4.57 Å². The standard InChI is InChI=1S/C39H27N3/c1-39(2)34-15-5-3-13-31(34)32-19-20-36-37(38(32)39)33-14-4-6-16-35(33)42(36)30-12-8-11-27(22-30)25-9-7-10-26(21-25)28-17-18-29(23-40)41-24-28/h3-22,24H,1-2H3. The maximum Gasteiger partial charge on any atom is 0.140 e. The average Bonchev–Trinajstić information content (AvgIpc) is 3.50. The summed E-state index contributed by atoms with van der Waals surface area (Å²) in [5.41, 5.74) is 13.7. The smallest absolute Gasteiger partial charge is 0.140 e. The largest absolute Gasteiger partial charge is 0.309 e. The number of para-hydroxylation sites is 1. The van der Waals surface area contributed by atoms with Crippen LogP contribution in [0.15, 0.2) is 128 Å². The van der Waals surface area contributed by atoms with Gasteiger partial charge in [-0.2, -0.15) is 5.26 Å². The van der Waals surface area contributed by atoms with Crippen molar-refractivity contribution >= 4 is 21.8 Å². The molecule has 7 aromatic rings. The fourth-order valence-electron chi connectivity index (χ4n) is 6.94. The van der Waals surface area contributed by atoms with Crippen LogP contribution in [0.5, 0.6) is 0 Å². The molecule has 2 aromatic heterocycles. The number of nitrogens with zero attached hydrogens (tertiary/aromatic N) is 3. The molecule has 1 aliphatic rings. The minimum absolute atomic E-state index is 0.0943. The van der Waals surface area contributed by atoms with Crippen LogP contribution < -0.4 is 0 Å². The number of benzene rings is 5. The van der Waals surface area contributed by atoms with Gasteiger partial charge in [0.25, 0.3) is 0 Å². The van der Waals surface area contributed by atoms with E-state index in [0.29, 0.717) is 5.69 Å². The van der Waals surface area contributed by atoms with Gasteiger partial charge in [-0.3, -0.25) is 0 Å². The number of aromatic nitrogens is 2. The first-order valence-electron chi connectivity index (χ1n) is 14.3. The number of nitriles is 1. The molecule has 0 aliphatic heterocycles. The summed E-state index contributed by atoms with van der Waals surface area (Å²) in [4.78, 5) is 4.27. The Kier molecular flexibility index (Phi) is 5.23. The molecule has 0 amide bonds. The van der Waals surface area contributed by atoms with Crippen LogP contribution in [-0.4, -0.2) is 9.55 Å². The van der Waals surface area contributed by atoms with Gasteiger partial charge in [-0.05, 0) is 81.4 Å². The van der Waals surface area contributed by atoms with E-state index in [1.165, 1.54) is 44.1 Å². The molecule has 0 atom stereocenters. The lowest BCUT2D eigenvalue weighted by atomic mass is 9.80. The van der Waals surface area contributed by atoms with Crippen molar-refractivity contribution in [3.05, 3.63) is 144 Å². The van der Waals surface area contributed by atoms with E-state index in [1.54, 1.807) is 12.3 Å². The average molecular weight is 538 g/mol. The monoisotopic (exact) mass is 537 g/mol. The van der Waals surface area contributed by atoms with E-state index in [1.807, 2.05) is 6.07 Å². The Balaban J connectivity index is 1.31. The highest BCUT2D eigenvalue weighted by molar-refractivity contribution is 6.14. The van der Waals surface area contributed by atoms with E-state index >= 15 is 0 Å². The first-order valence-corrected chi connectivity index (χ1v) is 14.3. The summed E-state index contributed by atoms with van der Waals surface area (Å²) in [6.45, 7) is 4.72.